The first-order valence-corrected chi connectivity index (χ1v) is 29.1. The van der Waals surface area contributed by atoms with Gasteiger partial charge < -0.3 is 14.2 Å². The summed E-state index contributed by atoms with van der Waals surface area (Å²) in [5.74, 6) is -0.884. The van der Waals surface area contributed by atoms with E-state index in [0.29, 0.717) is 19.3 Å². The minimum absolute atomic E-state index is 0.0792. The lowest BCUT2D eigenvalue weighted by atomic mass is 10.1. The van der Waals surface area contributed by atoms with Crippen molar-refractivity contribution in [3.8, 4) is 0 Å². The number of esters is 3. The summed E-state index contributed by atoms with van der Waals surface area (Å²) in [7, 11) is 0. The van der Waals surface area contributed by atoms with Crippen LogP contribution >= 0.6 is 0 Å². The second kappa shape index (κ2) is 56.0. The standard InChI is InChI=1S/C61H110O6/c1-4-7-10-13-16-19-22-25-27-29-30-32-34-37-40-43-46-49-52-55-61(64)67-58(56-65-59(62)53-50-47-44-41-38-35-24-21-18-15-12-9-6-3)57-66-60(63)54-51-48-45-42-39-36-33-31-28-26-23-20-17-14-11-8-5-2/h17,20-21,24-28,58H,4-16,18-19,22-23,29-57H2,1-3H3/b20-17-,24-21-,27-25-,28-26-/t58-/m0/s1. The Kier molecular flexibility index (Phi) is 53.8. The molecule has 0 aliphatic rings. The van der Waals surface area contributed by atoms with Gasteiger partial charge in [0.25, 0.3) is 0 Å². The first-order chi connectivity index (χ1) is 33.0. The van der Waals surface area contributed by atoms with E-state index in [1.807, 2.05) is 0 Å². The molecule has 0 fully saturated rings. The maximum absolute atomic E-state index is 12.9. The second-order valence-electron chi connectivity index (χ2n) is 19.5. The molecule has 0 aromatic rings. The van der Waals surface area contributed by atoms with Crippen LogP contribution in [-0.2, 0) is 28.6 Å². The molecule has 0 N–H and O–H groups in total. The molecule has 0 rings (SSSR count). The molecule has 0 radical (unpaired) electrons. The second-order valence-corrected chi connectivity index (χ2v) is 19.5. The Hall–Kier alpha value is -2.63. The lowest BCUT2D eigenvalue weighted by Gasteiger charge is -2.18. The molecule has 390 valence electrons. The van der Waals surface area contributed by atoms with Gasteiger partial charge in [-0.2, -0.15) is 0 Å². The third kappa shape index (κ3) is 54.2. The molecule has 0 bridgehead atoms. The fourth-order valence-corrected chi connectivity index (χ4v) is 8.35. The average Bonchev–Trinajstić information content (AvgIpc) is 3.33. The highest BCUT2D eigenvalue weighted by Crippen LogP contribution is 2.15. The van der Waals surface area contributed by atoms with Crippen LogP contribution in [-0.4, -0.2) is 37.2 Å². The van der Waals surface area contributed by atoms with Crippen molar-refractivity contribution in [2.24, 2.45) is 0 Å². The SMILES string of the molecule is CCCCC/C=C\C/C=C\CCCCCCCCCC(=O)OC[C@H](COC(=O)CCCCCCC/C=C\CCCCCC)OC(=O)CCCCCCCCCCC/C=C\CCCCCCCC. The Morgan fingerprint density at radius 2 is 0.537 bits per heavy atom. The lowest BCUT2D eigenvalue weighted by Crippen LogP contribution is -2.30. The topological polar surface area (TPSA) is 78.9 Å². The maximum Gasteiger partial charge on any atom is 0.306 e. The van der Waals surface area contributed by atoms with Crippen LogP contribution in [0, 0.1) is 0 Å². The van der Waals surface area contributed by atoms with Crippen LogP contribution in [0.25, 0.3) is 0 Å². The van der Waals surface area contributed by atoms with Gasteiger partial charge in [0.05, 0.1) is 0 Å². The van der Waals surface area contributed by atoms with Crippen LogP contribution in [0.15, 0.2) is 48.6 Å². The number of unbranched alkanes of at least 4 members (excludes halogenated alkanes) is 34. The van der Waals surface area contributed by atoms with E-state index in [1.54, 1.807) is 0 Å². The van der Waals surface area contributed by atoms with Gasteiger partial charge in [-0.15, -0.1) is 0 Å². The molecule has 6 heteroatoms. The van der Waals surface area contributed by atoms with E-state index in [0.717, 1.165) is 77.0 Å². The highest BCUT2D eigenvalue weighted by molar-refractivity contribution is 5.71. The predicted molar refractivity (Wildman–Crippen MR) is 289 cm³/mol. The molecule has 0 heterocycles. The van der Waals surface area contributed by atoms with Crippen LogP contribution in [0.4, 0.5) is 0 Å². The van der Waals surface area contributed by atoms with Gasteiger partial charge in [-0.25, -0.2) is 0 Å². The molecule has 1 atom stereocenters. The van der Waals surface area contributed by atoms with Crippen LogP contribution in [0.2, 0.25) is 0 Å². The Labute approximate surface area is 416 Å². The van der Waals surface area contributed by atoms with Gasteiger partial charge in [-0.3, -0.25) is 14.4 Å². The smallest absolute Gasteiger partial charge is 0.306 e. The van der Waals surface area contributed by atoms with Crippen molar-refractivity contribution >= 4 is 17.9 Å². The summed E-state index contributed by atoms with van der Waals surface area (Å²) in [6, 6.07) is 0. The maximum atomic E-state index is 12.9. The van der Waals surface area contributed by atoms with Gasteiger partial charge in [0.1, 0.15) is 13.2 Å². The molecule has 0 spiro atoms. The molecule has 0 aromatic carbocycles. The van der Waals surface area contributed by atoms with E-state index in [9.17, 15) is 14.4 Å². The summed E-state index contributed by atoms with van der Waals surface area (Å²) in [6.07, 6.45) is 68.1. The average molecular weight is 940 g/mol. The fraction of sp³-hybridized carbons (Fsp3) is 0.820. The highest BCUT2D eigenvalue weighted by atomic mass is 16.6. The zero-order valence-electron chi connectivity index (χ0n) is 44.7. The quantitative estimate of drug-likeness (QED) is 0.0262. The molecular weight excluding hydrogens is 829 g/mol. The van der Waals surface area contributed by atoms with E-state index >= 15 is 0 Å². The van der Waals surface area contributed by atoms with Crippen molar-refractivity contribution in [3.63, 3.8) is 0 Å². The molecule has 0 aromatic heterocycles. The molecule has 0 saturated carbocycles. The number of hydrogen-bond acceptors (Lipinski definition) is 6. The molecular formula is C61H110O6. The monoisotopic (exact) mass is 939 g/mol. The minimum Gasteiger partial charge on any atom is -0.462 e. The third-order valence-electron chi connectivity index (χ3n) is 12.8. The van der Waals surface area contributed by atoms with Crippen LogP contribution in [0.5, 0.6) is 0 Å². The van der Waals surface area contributed by atoms with Gasteiger partial charge >= 0.3 is 17.9 Å². The summed E-state index contributed by atoms with van der Waals surface area (Å²) < 4.78 is 16.9. The van der Waals surface area contributed by atoms with Crippen molar-refractivity contribution in [3.05, 3.63) is 48.6 Å². The van der Waals surface area contributed by atoms with Crippen molar-refractivity contribution < 1.29 is 28.6 Å². The summed E-state index contributed by atoms with van der Waals surface area (Å²) in [4.78, 5) is 38.1. The van der Waals surface area contributed by atoms with E-state index in [2.05, 4.69) is 69.4 Å². The molecule has 0 amide bonds. The van der Waals surface area contributed by atoms with Gasteiger partial charge in [-0.1, -0.05) is 230 Å². The zero-order valence-corrected chi connectivity index (χ0v) is 44.7. The third-order valence-corrected chi connectivity index (χ3v) is 12.8. The summed E-state index contributed by atoms with van der Waals surface area (Å²) in [5, 5.41) is 0. The minimum atomic E-state index is -0.780. The molecule has 0 saturated heterocycles. The Bertz CT molecular complexity index is 1170. The highest BCUT2D eigenvalue weighted by Gasteiger charge is 2.19. The lowest BCUT2D eigenvalue weighted by molar-refractivity contribution is -0.167. The number of carbonyl (C=O) groups excluding carboxylic acids is 3. The van der Waals surface area contributed by atoms with Gasteiger partial charge in [-0.05, 0) is 103 Å². The molecule has 67 heavy (non-hydrogen) atoms. The molecule has 6 nitrogen and oxygen atoms in total. The summed E-state index contributed by atoms with van der Waals surface area (Å²) >= 11 is 0. The molecule has 0 aliphatic heterocycles. The van der Waals surface area contributed by atoms with Crippen molar-refractivity contribution in [2.75, 3.05) is 13.2 Å². The Morgan fingerprint density at radius 1 is 0.299 bits per heavy atom. The number of carbonyl (C=O) groups is 3. The Morgan fingerprint density at radius 3 is 0.881 bits per heavy atom. The van der Waals surface area contributed by atoms with Gasteiger partial charge in [0.2, 0.25) is 0 Å². The largest absolute Gasteiger partial charge is 0.462 e. The van der Waals surface area contributed by atoms with E-state index in [4.69, 9.17) is 14.2 Å². The number of hydrogen-bond donors (Lipinski definition) is 0. The first kappa shape index (κ1) is 64.4. The Balaban J connectivity index is 4.36. The van der Waals surface area contributed by atoms with Crippen LogP contribution in [0.1, 0.15) is 303 Å². The fourth-order valence-electron chi connectivity index (χ4n) is 8.35. The van der Waals surface area contributed by atoms with Crippen LogP contribution in [0.3, 0.4) is 0 Å². The molecule has 0 aliphatic carbocycles. The van der Waals surface area contributed by atoms with E-state index in [-0.39, 0.29) is 31.1 Å². The van der Waals surface area contributed by atoms with Gasteiger partial charge in [0.15, 0.2) is 6.10 Å². The van der Waals surface area contributed by atoms with Crippen molar-refractivity contribution in [2.45, 2.75) is 309 Å². The number of rotatable bonds is 53. The van der Waals surface area contributed by atoms with E-state index in [1.165, 1.54) is 186 Å². The summed E-state index contributed by atoms with van der Waals surface area (Å²) in [5.41, 5.74) is 0. The zero-order chi connectivity index (χ0) is 48.6. The normalized spacial score (nSPS) is 12.3. The first-order valence-electron chi connectivity index (χ1n) is 29.1. The number of ether oxygens (including phenoxy) is 3. The predicted octanol–water partition coefficient (Wildman–Crippen LogP) is 19.4. The number of allylic oxidation sites excluding steroid dienone is 8. The van der Waals surface area contributed by atoms with Crippen LogP contribution < -0.4 is 0 Å². The van der Waals surface area contributed by atoms with Crippen molar-refractivity contribution in [1.29, 1.82) is 0 Å². The van der Waals surface area contributed by atoms with Crippen molar-refractivity contribution in [1.82, 2.24) is 0 Å². The van der Waals surface area contributed by atoms with Gasteiger partial charge in [0, 0.05) is 19.3 Å². The molecule has 0 unspecified atom stereocenters. The summed E-state index contributed by atoms with van der Waals surface area (Å²) in [6.45, 7) is 6.61. The van der Waals surface area contributed by atoms with E-state index < -0.39 is 6.10 Å².